The lowest BCUT2D eigenvalue weighted by Gasteiger charge is -2.22. The highest BCUT2D eigenvalue weighted by atomic mass is 16.6. The van der Waals surface area contributed by atoms with Gasteiger partial charge in [-0.15, -0.1) is 0 Å². The van der Waals surface area contributed by atoms with Crippen LogP contribution in [0.4, 0.5) is 0 Å². The molecule has 0 unspecified atom stereocenters. The number of hydrogen-bond donors (Lipinski definition) is 1. The predicted octanol–water partition coefficient (Wildman–Crippen LogP) is 2.53. The number of Topliss-reactive ketones (excluding diaryl/α,β-unsaturated/α-hetero) is 1. The normalized spacial score (nSPS) is 13.8. The molecular formula is C20H21NO5. The Labute approximate surface area is 151 Å². The van der Waals surface area contributed by atoms with E-state index in [0.717, 1.165) is 5.56 Å². The lowest BCUT2D eigenvalue weighted by atomic mass is 10.0. The van der Waals surface area contributed by atoms with Crippen LogP contribution < -0.4 is 19.9 Å². The molecule has 1 atom stereocenters. The number of rotatable bonds is 6. The van der Waals surface area contributed by atoms with Crippen molar-refractivity contribution in [2.45, 2.75) is 25.8 Å². The van der Waals surface area contributed by atoms with Crippen LogP contribution >= 0.6 is 0 Å². The Morgan fingerprint density at radius 3 is 2.58 bits per heavy atom. The van der Waals surface area contributed by atoms with Gasteiger partial charge in [0.05, 0.1) is 0 Å². The van der Waals surface area contributed by atoms with Crippen LogP contribution in [0.2, 0.25) is 0 Å². The van der Waals surface area contributed by atoms with Gasteiger partial charge in [0.15, 0.2) is 17.3 Å². The monoisotopic (exact) mass is 355 g/mol. The fraction of sp³-hybridized carbons (Fsp3) is 0.300. The van der Waals surface area contributed by atoms with E-state index >= 15 is 0 Å². The van der Waals surface area contributed by atoms with Gasteiger partial charge in [-0.25, -0.2) is 4.79 Å². The number of ketones is 1. The van der Waals surface area contributed by atoms with E-state index < -0.39 is 12.0 Å². The molecule has 3 rings (SSSR count). The number of ether oxygens (including phenoxy) is 3. The van der Waals surface area contributed by atoms with Crippen molar-refractivity contribution in [2.24, 2.45) is 5.73 Å². The Balaban J connectivity index is 1.88. The average Bonchev–Trinajstić information content (AvgIpc) is 2.66. The third-order valence-electron chi connectivity index (χ3n) is 4.02. The molecule has 0 saturated carbocycles. The first-order valence-electron chi connectivity index (χ1n) is 8.53. The van der Waals surface area contributed by atoms with E-state index in [1.807, 2.05) is 30.3 Å². The molecule has 0 aromatic heterocycles. The van der Waals surface area contributed by atoms with E-state index in [1.165, 1.54) is 6.92 Å². The van der Waals surface area contributed by atoms with Crippen molar-refractivity contribution >= 4 is 11.8 Å². The number of fused-ring (bicyclic) bond motifs is 1. The van der Waals surface area contributed by atoms with Gasteiger partial charge in [0.25, 0.3) is 0 Å². The Morgan fingerprint density at radius 1 is 1.12 bits per heavy atom. The van der Waals surface area contributed by atoms with E-state index in [0.29, 0.717) is 31.1 Å². The summed E-state index contributed by atoms with van der Waals surface area (Å²) in [5.41, 5.74) is 6.85. The van der Waals surface area contributed by atoms with Crippen LogP contribution in [0.15, 0.2) is 42.5 Å². The molecule has 1 heterocycles. The van der Waals surface area contributed by atoms with Crippen molar-refractivity contribution in [3.05, 3.63) is 53.6 Å². The zero-order valence-corrected chi connectivity index (χ0v) is 14.6. The molecule has 1 aliphatic heterocycles. The predicted molar refractivity (Wildman–Crippen MR) is 95.8 cm³/mol. The van der Waals surface area contributed by atoms with Gasteiger partial charge in [0, 0.05) is 6.42 Å². The minimum atomic E-state index is -0.796. The SMILES string of the molecule is C[C@H](N)C(=O)Oc1ccc2c(c1C(=O)CCc1ccccc1)OCCO2. The maximum Gasteiger partial charge on any atom is 0.328 e. The van der Waals surface area contributed by atoms with E-state index in [-0.39, 0.29) is 23.5 Å². The molecule has 0 fully saturated rings. The summed E-state index contributed by atoms with van der Waals surface area (Å²) >= 11 is 0. The van der Waals surface area contributed by atoms with Crippen molar-refractivity contribution in [3.63, 3.8) is 0 Å². The first-order chi connectivity index (χ1) is 12.6. The molecule has 136 valence electrons. The molecular weight excluding hydrogens is 334 g/mol. The molecule has 0 spiro atoms. The summed E-state index contributed by atoms with van der Waals surface area (Å²) in [5, 5.41) is 0. The molecule has 6 nitrogen and oxygen atoms in total. The zero-order valence-electron chi connectivity index (χ0n) is 14.6. The molecule has 26 heavy (non-hydrogen) atoms. The number of aryl methyl sites for hydroxylation is 1. The van der Waals surface area contributed by atoms with Crippen molar-refractivity contribution in [1.29, 1.82) is 0 Å². The minimum Gasteiger partial charge on any atom is -0.486 e. The fourth-order valence-corrected chi connectivity index (χ4v) is 2.68. The van der Waals surface area contributed by atoms with Crippen LogP contribution in [0.3, 0.4) is 0 Å². The molecule has 6 heteroatoms. The summed E-state index contributed by atoms with van der Waals surface area (Å²) in [7, 11) is 0. The van der Waals surface area contributed by atoms with Crippen molar-refractivity contribution in [1.82, 2.24) is 0 Å². The van der Waals surface area contributed by atoms with Crippen LogP contribution in [0, 0.1) is 0 Å². The maximum atomic E-state index is 12.9. The second-order valence-corrected chi connectivity index (χ2v) is 6.08. The van der Waals surface area contributed by atoms with E-state index in [9.17, 15) is 9.59 Å². The minimum absolute atomic E-state index is 0.148. The Hall–Kier alpha value is -2.86. The number of benzene rings is 2. The summed E-state index contributed by atoms with van der Waals surface area (Å²) in [6.07, 6.45) is 0.831. The summed E-state index contributed by atoms with van der Waals surface area (Å²) in [4.78, 5) is 24.8. The van der Waals surface area contributed by atoms with Gasteiger partial charge in [-0.1, -0.05) is 30.3 Å². The Kier molecular flexibility index (Phi) is 5.53. The second kappa shape index (κ2) is 8.01. The van der Waals surface area contributed by atoms with Crippen LogP contribution in [0.5, 0.6) is 17.2 Å². The van der Waals surface area contributed by atoms with Gasteiger partial charge >= 0.3 is 5.97 Å². The highest BCUT2D eigenvalue weighted by molar-refractivity contribution is 6.03. The van der Waals surface area contributed by atoms with Crippen LogP contribution in [-0.4, -0.2) is 31.0 Å². The maximum absolute atomic E-state index is 12.9. The van der Waals surface area contributed by atoms with Crippen LogP contribution in [0.25, 0.3) is 0 Å². The van der Waals surface area contributed by atoms with E-state index in [4.69, 9.17) is 19.9 Å². The second-order valence-electron chi connectivity index (χ2n) is 6.08. The highest BCUT2D eigenvalue weighted by Gasteiger charge is 2.27. The molecule has 0 radical (unpaired) electrons. The highest BCUT2D eigenvalue weighted by Crippen LogP contribution is 2.40. The molecule has 0 saturated heterocycles. The molecule has 0 aliphatic carbocycles. The summed E-state index contributed by atoms with van der Waals surface area (Å²) in [6, 6.07) is 12.1. The molecule has 1 aliphatic rings. The molecule has 0 amide bonds. The largest absolute Gasteiger partial charge is 0.486 e. The third kappa shape index (κ3) is 4.03. The van der Waals surface area contributed by atoms with Gasteiger partial charge < -0.3 is 19.9 Å². The Bertz CT molecular complexity index is 801. The first kappa shape index (κ1) is 17.9. The zero-order chi connectivity index (χ0) is 18.5. The topological polar surface area (TPSA) is 87.9 Å². The van der Waals surface area contributed by atoms with Crippen molar-refractivity contribution in [2.75, 3.05) is 13.2 Å². The van der Waals surface area contributed by atoms with Gasteiger partial charge in [-0.3, -0.25) is 4.79 Å². The quantitative estimate of drug-likeness (QED) is 0.487. The number of esters is 1. The lowest BCUT2D eigenvalue weighted by Crippen LogP contribution is -2.31. The fourth-order valence-electron chi connectivity index (χ4n) is 2.68. The summed E-state index contributed by atoms with van der Waals surface area (Å²) in [6.45, 7) is 2.26. The third-order valence-corrected chi connectivity index (χ3v) is 4.02. The summed E-state index contributed by atoms with van der Waals surface area (Å²) < 4.78 is 16.5. The van der Waals surface area contributed by atoms with Gasteiger partial charge in [0.1, 0.15) is 30.6 Å². The number of nitrogens with two attached hydrogens (primary N) is 1. The first-order valence-corrected chi connectivity index (χ1v) is 8.53. The molecule has 0 bridgehead atoms. The lowest BCUT2D eigenvalue weighted by molar-refractivity contribution is -0.135. The van der Waals surface area contributed by atoms with E-state index in [2.05, 4.69) is 0 Å². The van der Waals surface area contributed by atoms with Crippen LogP contribution in [-0.2, 0) is 11.2 Å². The standard InChI is InChI=1S/C20H21NO5/c1-13(21)20(23)26-16-9-10-17-19(25-12-11-24-17)18(16)15(22)8-7-14-5-3-2-4-6-14/h2-6,9-10,13H,7-8,11-12,21H2,1H3/t13-/m0/s1. The summed E-state index contributed by atoms with van der Waals surface area (Å²) in [5.74, 6) is 0.154. The molecule has 2 N–H and O–H groups in total. The number of hydrogen-bond acceptors (Lipinski definition) is 6. The molecule has 2 aromatic rings. The van der Waals surface area contributed by atoms with Gasteiger partial charge in [-0.2, -0.15) is 0 Å². The Morgan fingerprint density at radius 2 is 1.85 bits per heavy atom. The van der Waals surface area contributed by atoms with Crippen molar-refractivity contribution < 1.29 is 23.8 Å². The molecule has 2 aromatic carbocycles. The van der Waals surface area contributed by atoms with Crippen LogP contribution in [0.1, 0.15) is 29.3 Å². The van der Waals surface area contributed by atoms with E-state index in [1.54, 1.807) is 12.1 Å². The van der Waals surface area contributed by atoms with Gasteiger partial charge in [-0.05, 0) is 31.0 Å². The van der Waals surface area contributed by atoms with Gasteiger partial charge in [0.2, 0.25) is 0 Å². The number of carbonyl (C=O) groups excluding carboxylic acids is 2. The smallest absolute Gasteiger partial charge is 0.328 e. The van der Waals surface area contributed by atoms with Crippen molar-refractivity contribution in [3.8, 4) is 17.2 Å². The average molecular weight is 355 g/mol. The number of carbonyl (C=O) groups is 2.